The highest BCUT2D eigenvalue weighted by Gasteiger charge is 2.67. The molecule has 3 heterocycles. The Kier molecular flexibility index (Phi) is 8.44. The third-order valence-electron chi connectivity index (χ3n) is 6.99. The van der Waals surface area contributed by atoms with Gasteiger partial charge in [0.05, 0.1) is 25.0 Å². The minimum absolute atomic E-state index is 0.0397. The van der Waals surface area contributed by atoms with Gasteiger partial charge in [0.25, 0.3) is 5.69 Å². The molecule has 0 radical (unpaired) electrons. The molecule has 2 aromatic carbocycles. The Morgan fingerprint density at radius 2 is 1.81 bits per heavy atom. The van der Waals surface area contributed by atoms with Crippen molar-refractivity contribution >= 4 is 16.6 Å². The van der Waals surface area contributed by atoms with Crippen molar-refractivity contribution in [2.45, 2.75) is 31.4 Å². The summed E-state index contributed by atoms with van der Waals surface area (Å²) in [5.41, 5.74) is 9.96. The molecule has 8 nitrogen and oxygen atoms in total. The molecule has 222 valence electrons. The van der Waals surface area contributed by atoms with Crippen molar-refractivity contribution in [1.29, 1.82) is 0 Å². The molecule has 0 aliphatic carbocycles. The molecule has 0 amide bonds. The fourth-order valence-electron chi connectivity index (χ4n) is 4.99. The molecule has 0 saturated carbocycles. The van der Waals surface area contributed by atoms with Crippen molar-refractivity contribution in [3.05, 3.63) is 95.4 Å². The van der Waals surface area contributed by atoms with E-state index in [0.717, 1.165) is 22.5 Å². The number of alkyl halides is 2. The van der Waals surface area contributed by atoms with Crippen molar-refractivity contribution in [3.8, 4) is 17.0 Å². The summed E-state index contributed by atoms with van der Waals surface area (Å²) in [6.45, 7) is 2.34. The second-order valence-electron chi connectivity index (χ2n) is 10.2. The van der Waals surface area contributed by atoms with Crippen LogP contribution in [0.1, 0.15) is 36.6 Å². The van der Waals surface area contributed by atoms with Gasteiger partial charge in [0.15, 0.2) is 5.92 Å². The van der Waals surface area contributed by atoms with Gasteiger partial charge >= 0.3 is 6.05 Å². The first kappa shape index (κ1) is 30.7. The molecular weight excluding hydrogens is 552 g/mol. The number of halogens is 4. The van der Waals surface area contributed by atoms with E-state index in [-0.39, 0.29) is 29.1 Å². The van der Waals surface area contributed by atoms with E-state index < -0.39 is 34.9 Å². The second kappa shape index (κ2) is 11.6. The van der Waals surface area contributed by atoms with Crippen molar-refractivity contribution in [2.75, 3.05) is 20.7 Å². The maximum atomic E-state index is 15.6. The summed E-state index contributed by atoms with van der Waals surface area (Å²) < 4.78 is 66.4. The molecule has 1 unspecified atom stereocenters. The molecule has 0 saturated heterocycles. The van der Waals surface area contributed by atoms with Crippen LogP contribution in [-0.2, 0) is 11.6 Å². The smallest absolute Gasteiger partial charge is 0.476 e. The van der Waals surface area contributed by atoms with Crippen LogP contribution >= 0.6 is 0 Å². The lowest BCUT2D eigenvalue weighted by Crippen LogP contribution is -2.70. The van der Waals surface area contributed by atoms with Gasteiger partial charge < -0.3 is 26.3 Å². The molecule has 1 aliphatic heterocycles. The average Bonchev–Trinajstić information content (AvgIpc) is 2.96. The largest absolute Gasteiger partial charge is 0.494 e. The molecular formula is C30H33F4N6O2+. The summed E-state index contributed by atoms with van der Waals surface area (Å²) in [6, 6.07) is 9.26. The van der Waals surface area contributed by atoms with E-state index in [2.05, 4.69) is 10.7 Å². The van der Waals surface area contributed by atoms with Crippen LogP contribution < -0.4 is 26.6 Å². The predicted molar refractivity (Wildman–Crippen MR) is 152 cm³/mol. The lowest BCUT2D eigenvalue weighted by Gasteiger charge is -2.35. The number of aliphatic hydroxyl groups is 1. The van der Waals surface area contributed by atoms with Gasteiger partial charge in [-0.1, -0.05) is 6.07 Å². The first-order valence-corrected chi connectivity index (χ1v) is 13.0. The highest BCUT2D eigenvalue weighted by Crippen LogP contribution is 2.46. The Labute approximate surface area is 240 Å². The highest BCUT2D eigenvalue weighted by molar-refractivity contribution is 5.88. The van der Waals surface area contributed by atoms with Gasteiger partial charge in [-0.3, -0.25) is 4.98 Å². The molecule has 1 atom stereocenters. The number of nitrogens with zero attached hydrogens (tertiary/aromatic N) is 3. The Bertz CT molecular complexity index is 1640. The summed E-state index contributed by atoms with van der Waals surface area (Å²) in [6.07, 6.45) is 2.97. The molecule has 0 bridgehead atoms. The lowest BCUT2D eigenvalue weighted by atomic mass is 9.85. The molecule has 4 aromatic rings. The summed E-state index contributed by atoms with van der Waals surface area (Å²) in [4.78, 5) is 4.30. The van der Waals surface area contributed by atoms with Crippen LogP contribution in [0.3, 0.4) is 0 Å². The van der Waals surface area contributed by atoms with Gasteiger partial charge in [-0.15, -0.1) is 13.3 Å². The monoisotopic (exact) mass is 585 g/mol. The Morgan fingerprint density at radius 3 is 2.43 bits per heavy atom. The first-order chi connectivity index (χ1) is 19.8. The highest BCUT2D eigenvalue weighted by atomic mass is 19.3. The SMILES string of the molecule is CN.COc1cc(/C(N)=C/N(N)CC2c3cc(C(C)(C)O)c(F)c(-c4ccc(F)cc4)[n+]3C2(F)F)cc2cccnc12. The normalized spacial score (nSPS) is 15.8. The standard InChI is InChI=1S/C29H28F4N5O2.CH5N/c1-28(2,39)20-13-23-21(29(32,33)38(23)27(25(20)31)16-6-8-19(30)9-7-16)14-37(35)15-22(34)18-11-17-5-4-10-36-26(17)24(12-18)40-3;1-2/h4-13,15,21,39H,14,34-35H2,1-3H3;2H2,1H3/q+1;/b22-15-;. The fraction of sp³-hybridized carbons (Fsp3) is 0.267. The minimum Gasteiger partial charge on any atom is -0.494 e. The number of hydrogen-bond acceptors (Lipinski definition) is 7. The molecule has 42 heavy (non-hydrogen) atoms. The van der Waals surface area contributed by atoms with Gasteiger partial charge in [0.2, 0.25) is 11.5 Å². The van der Waals surface area contributed by atoms with Gasteiger partial charge in [0, 0.05) is 40.5 Å². The molecule has 5 rings (SSSR count). The molecule has 1 aliphatic rings. The van der Waals surface area contributed by atoms with Crippen molar-refractivity contribution in [3.63, 3.8) is 0 Å². The van der Waals surface area contributed by atoms with E-state index in [1.165, 1.54) is 52.4 Å². The van der Waals surface area contributed by atoms with Gasteiger partial charge in [-0.25, -0.2) is 10.2 Å². The van der Waals surface area contributed by atoms with Crippen LogP contribution in [0.5, 0.6) is 5.75 Å². The zero-order chi connectivity index (χ0) is 31.0. The Morgan fingerprint density at radius 1 is 1.14 bits per heavy atom. The Balaban J connectivity index is 0.00000198. The molecule has 0 fully saturated rings. The number of rotatable bonds is 7. The van der Waals surface area contributed by atoms with E-state index in [0.29, 0.717) is 21.4 Å². The first-order valence-electron chi connectivity index (χ1n) is 13.0. The van der Waals surface area contributed by atoms with Gasteiger partial charge in [0.1, 0.15) is 17.1 Å². The second-order valence-corrected chi connectivity index (χ2v) is 10.2. The van der Waals surface area contributed by atoms with Crippen LogP contribution in [0.4, 0.5) is 17.6 Å². The van der Waals surface area contributed by atoms with E-state index in [4.69, 9.17) is 16.3 Å². The topological polar surface area (TPSA) is 128 Å². The van der Waals surface area contributed by atoms with Crippen molar-refractivity contribution in [1.82, 2.24) is 9.99 Å². The van der Waals surface area contributed by atoms with Crippen LogP contribution in [-0.4, -0.2) is 35.8 Å². The van der Waals surface area contributed by atoms with Crippen molar-refractivity contribution < 1.29 is 32.0 Å². The van der Waals surface area contributed by atoms with E-state index >= 15 is 13.2 Å². The average molecular weight is 586 g/mol. The third kappa shape index (κ3) is 5.48. The number of hydrazine groups is 1. The molecule has 7 N–H and O–H groups in total. The number of benzene rings is 2. The number of aromatic nitrogens is 2. The molecule has 0 spiro atoms. The Hall–Kier alpha value is -4.26. The van der Waals surface area contributed by atoms with Crippen LogP contribution in [0.2, 0.25) is 0 Å². The van der Waals surface area contributed by atoms with Gasteiger partial charge in [-0.05, 0) is 63.4 Å². The van der Waals surface area contributed by atoms with Crippen molar-refractivity contribution in [2.24, 2.45) is 17.3 Å². The zero-order valence-corrected chi connectivity index (χ0v) is 23.6. The maximum Gasteiger partial charge on any atom is 0.476 e. The predicted octanol–water partition coefficient (Wildman–Crippen LogP) is 4.06. The molecule has 2 aromatic heterocycles. The lowest BCUT2D eigenvalue weighted by molar-refractivity contribution is -0.868. The maximum absolute atomic E-state index is 15.6. The number of fused-ring (bicyclic) bond motifs is 2. The van der Waals surface area contributed by atoms with Gasteiger partial charge in [-0.2, -0.15) is 4.39 Å². The van der Waals surface area contributed by atoms with Crippen LogP contribution in [0.15, 0.2) is 67.0 Å². The fourth-order valence-corrected chi connectivity index (χ4v) is 4.99. The van der Waals surface area contributed by atoms with Crippen LogP contribution in [0.25, 0.3) is 27.9 Å². The number of methoxy groups -OCH3 is 1. The number of ether oxygens (including phenoxy) is 1. The minimum atomic E-state index is -3.55. The summed E-state index contributed by atoms with van der Waals surface area (Å²) in [5, 5.41) is 12.4. The number of hydrogen-bond donors (Lipinski definition) is 4. The van der Waals surface area contributed by atoms with E-state index in [9.17, 15) is 9.50 Å². The summed E-state index contributed by atoms with van der Waals surface area (Å²) >= 11 is 0. The molecule has 12 heteroatoms. The number of nitrogens with two attached hydrogens (primary N) is 3. The van der Waals surface area contributed by atoms with E-state index in [1.807, 2.05) is 6.07 Å². The third-order valence-corrected chi connectivity index (χ3v) is 6.99. The summed E-state index contributed by atoms with van der Waals surface area (Å²) in [5.74, 6) is 3.54. The zero-order valence-electron chi connectivity index (χ0n) is 23.6. The van der Waals surface area contributed by atoms with Crippen LogP contribution in [0, 0.1) is 11.6 Å². The quantitative estimate of drug-likeness (QED) is 0.112. The van der Waals surface area contributed by atoms with E-state index in [1.54, 1.807) is 24.4 Å². The summed E-state index contributed by atoms with van der Waals surface area (Å²) in [7, 11) is 3.00. The number of pyridine rings is 2.